The molecule has 1 aliphatic heterocycles. The first-order valence-electron chi connectivity index (χ1n) is 11.8. The molecule has 0 spiro atoms. The first kappa shape index (κ1) is 27.2. The van der Waals surface area contributed by atoms with Crippen LogP contribution in [0.25, 0.3) is 6.08 Å². The van der Waals surface area contributed by atoms with Crippen molar-refractivity contribution in [1.29, 1.82) is 0 Å². The second kappa shape index (κ2) is 11.9. The zero-order valence-corrected chi connectivity index (χ0v) is 21.8. The van der Waals surface area contributed by atoms with Crippen molar-refractivity contribution in [2.75, 3.05) is 0 Å². The molecule has 5 nitrogen and oxygen atoms in total. The Kier molecular flexibility index (Phi) is 9.80. The highest BCUT2D eigenvalue weighted by atomic mass is 32.1. The molecule has 0 saturated carbocycles. The van der Waals surface area contributed by atoms with E-state index in [1.165, 1.54) is 0 Å². The van der Waals surface area contributed by atoms with Crippen LogP contribution in [-0.2, 0) is 14.3 Å². The molecule has 1 aromatic rings. The van der Waals surface area contributed by atoms with E-state index in [2.05, 4.69) is 24.9 Å². The summed E-state index contributed by atoms with van der Waals surface area (Å²) in [5.74, 6) is -0.287. The van der Waals surface area contributed by atoms with Gasteiger partial charge in [0.1, 0.15) is 11.9 Å². The number of carbonyl (C=O) groups excluding carboxylic acids is 2. The van der Waals surface area contributed by atoms with Crippen LogP contribution in [0.4, 0.5) is 0 Å². The summed E-state index contributed by atoms with van der Waals surface area (Å²) in [6.07, 6.45) is 9.59. The maximum atomic E-state index is 13.3. The summed E-state index contributed by atoms with van der Waals surface area (Å²) in [5.41, 5.74) is 0.674. The molecule has 33 heavy (non-hydrogen) atoms. The van der Waals surface area contributed by atoms with Crippen molar-refractivity contribution in [3.8, 4) is 0 Å². The Morgan fingerprint density at radius 2 is 1.82 bits per heavy atom. The minimum atomic E-state index is -1.11. The van der Waals surface area contributed by atoms with Crippen LogP contribution in [0.15, 0.2) is 35.3 Å². The van der Waals surface area contributed by atoms with E-state index in [4.69, 9.17) is 4.74 Å². The number of aromatic nitrogens is 1. The van der Waals surface area contributed by atoms with Gasteiger partial charge in [-0.2, -0.15) is 0 Å². The van der Waals surface area contributed by atoms with E-state index in [1.807, 2.05) is 50.5 Å². The zero-order valence-electron chi connectivity index (χ0n) is 21.0. The van der Waals surface area contributed by atoms with Gasteiger partial charge in [-0.05, 0) is 43.8 Å². The minimum absolute atomic E-state index is 0.0235. The summed E-state index contributed by atoms with van der Waals surface area (Å²) < 4.78 is 5.78. The molecule has 0 fully saturated rings. The van der Waals surface area contributed by atoms with Gasteiger partial charge in [0.05, 0.1) is 28.6 Å². The monoisotopic (exact) mass is 473 g/mol. The van der Waals surface area contributed by atoms with Gasteiger partial charge in [-0.1, -0.05) is 58.9 Å². The topological polar surface area (TPSA) is 76.5 Å². The summed E-state index contributed by atoms with van der Waals surface area (Å²) in [6, 6.07) is 0. The number of hydrogen-bond donors (Lipinski definition) is 1. The molecule has 2 heterocycles. The first-order chi connectivity index (χ1) is 15.4. The van der Waals surface area contributed by atoms with Gasteiger partial charge < -0.3 is 9.84 Å². The SMILES string of the molecule is C/C(=C\c1csc(C)n1)C1C/C=C/C=C\CC(C)C(C)C(C)C(=O)C(C)(C)C(O)CC(=O)O1. The number of hydrogen-bond acceptors (Lipinski definition) is 6. The third kappa shape index (κ3) is 7.47. The summed E-state index contributed by atoms with van der Waals surface area (Å²) in [4.78, 5) is 30.5. The van der Waals surface area contributed by atoms with Crippen LogP contribution in [0, 0.1) is 30.1 Å². The molecular weight excluding hydrogens is 434 g/mol. The molecule has 0 radical (unpaired) electrons. The number of allylic oxidation sites excluding steroid dienone is 3. The first-order valence-corrected chi connectivity index (χ1v) is 12.6. The number of aryl methyl sites for hydroxylation is 1. The van der Waals surface area contributed by atoms with Gasteiger partial charge >= 0.3 is 5.97 Å². The lowest BCUT2D eigenvalue weighted by atomic mass is 9.70. The maximum absolute atomic E-state index is 13.3. The third-order valence-electron chi connectivity index (χ3n) is 6.96. The number of aliphatic hydroxyl groups excluding tert-OH is 1. The molecule has 6 heteroatoms. The number of thiazole rings is 1. The van der Waals surface area contributed by atoms with Gasteiger partial charge in [-0.3, -0.25) is 9.59 Å². The number of aliphatic hydroxyl groups is 1. The number of cyclic esters (lactones) is 1. The van der Waals surface area contributed by atoms with Gasteiger partial charge in [0.15, 0.2) is 0 Å². The predicted molar refractivity (Wildman–Crippen MR) is 135 cm³/mol. The summed E-state index contributed by atoms with van der Waals surface area (Å²) in [5, 5.41) is 13.8. The number of rotatable bonds is 2. The van der Waals surface area contributed by atoms with E-state index < -0.39 is 23.6 Å². The van der Waals surface area contributed by atoms with Crippen molar-refractivity contribution in [2.24, 2.45) is 23.2 Å². The molecule has 0 aromatic carbocycles. The quantitative estimate of drug-likeness (QED) is 0.539. The van der Waals surface area contributed by atoms with Crippen LogP contribution >= 0.6 is 11.3 Å². The minimum Gasteiger partial charge on any atom is -0.457 e. The van der Waals surface area contributed by atoms with Crippen LogP contribution in [0.2, 0.25) is 0 Å². The molecule has 0 bridgehead atoms. The molecule has 1 aliphatic rings. The molecule has 0 aliphatic carbocycles. The normalized spacial score (nSPS) is 32.2. The van der Waals surface area contributed by atoms with E-state index in [0.29, 0.717) is 12.3 Å². The van der Waals surface area contributed by atoms with E-state index in [9.17, 15) is 14.7 Å². The fourth-order valence-corrected chi connectivity index (χ4v) is 4.64. The molecule has 182 valence electrons. The number of ether oxygens (including phenoxy) is 1. The molecule has 1 aromatic heterocycles. The van der Waals surface area contributed by atoms with Gasteiger partial charge in [0.2, 0.25) is 0 Å². The predicted octanol–water partition coefficient (Wildman–Crippen LogP) is 5.93. The van der Waals surface area contributed by atoms with E-state index in [1.54, 1.807) is 25.2 Å². The smallest absolute Gasteiger partial charge is 0.309 e. The molecule has 0 amide bonds. The molecule has 0 saturated heterocycles. The fraction of sp³-hybridized carbons (Fsp3) is 0.593. The summed E-state index contributed by atoms with van der Waals surface area (Å²) >= 11 is 1.57. The highest BCUT2D eigenvalue weighted by Gasteiger charge is 2.41. The van der Waals surface area contributed by atoms with Gasteiger partial charge in [-0.25, -0.2) is 4.98 Å². The molecule has 2 rings (SSSR count). The Labute approximate surface area is 202 Å². The second-order valence-corrected chi connectivity index (χ2v) is 11.0. The Morgan fingerprint density at radius 3 is 2.42 bits per heavy atom. The van der Waals surface area contributed by atoms with Crippen LogP contribution < -0.4 is 0 Å². The van der Waals surface area contributed by atoms with Crippen molar-refractivity contribution in [3.63, 3.8) is 0 Å². The second-order valence-electron chi connectivity index (χ2n) is 9.92. The third-order valence-corrected chi connectivity index (χ3v) is 7.75. The number of ketones is 1. The Balaban J connectivity index is 2.32. The molecule has 1 N–H and O–H groups in total. The lowest BCUT2D eigenvalue weighted by Crippen LogP contribution is -2.43. The van der Waals surface area contributed by atoms with Crippen molar-refractivity contribution in [2.45, 2.75) is 79.9 Å². The summed E-state index contributed by atoms with van der Waals surface area (Å²) in [7, 11) is 0. The Morgan fingerprint density at radius 1 is 1.18 bits per heavy atom. The van der Waals surface area contributed by atoms with Gasteiger partial charge in [0.25, 0.3) is 0 Å². The van der Waals surface area contributed by atoms with Crippen molar-refractivity contribution in [3.05, 3.63) is 46.0 Å². The van der Waals surface area contributed by atoms with Gasteiger partial charge in [0, 0.05) is 17.7 Å². The van der Waals surface area contributed by atoms with Crippen LogP contribution in [0.5, 0.6) is 0 Å². The Hall–Kier alpha value is -2.05. The molecular formula is C27H39NO4S. The van der Waals surface area contributed by atoms with E-state index in [-0.39, 0.29) is 24.0 Å². The molecule has 5 atom stereocenters. The van der Waals surface area contributed by atoms with Crippen LogP contribution in [0.1, 0.15) is 71.5 Å². The van der Waals surface area contributed by atoms with Gasteiger partial charge in [-0.15, -0.1) is 11.3 Å². The van der Waals surface area contributed by atoms with Crippen molar-refractivity contribution < 1.29 is 19.4 Å². The average Bonchev–Trinajstić information content (AvgIpc) is 3.16. The number of Topliss-reactive ketones (excluding diaryl/α,β-unsaturated/α-hetero) is 1. The lowest BCUT2D eigenvalue weighted by molar-refractivity contribution is -0.153. The van der Waals surface area contributed by atoms with Crippen LogP contribution in [0.3, 0.4) is 0 Å². The zero-order chi connectivity index (χ0) is 24.8. The standard InChI is InChI=1S/C27H39NO4S/c1-17-12-10-8-9-11-13-23(18(2)14-22-16-33-21(5)28-22)32-25(30)15-24(29)27(6,7)26(31)20(4)19(17)3/h8-11,14,16-17,19-20,23-24,29H,12-13,15H2,1-7H3/b10-8-,11-9+,18-14+. The van der Waals surface area contributed by atoms with Crippen molar-refractivity contribution >= 4 is 29.2 Å². The fourth-order valence-electron chi connectivity index (χ4n) is 4.07. The highest BCUT2D eigenvalue weighted by molar-refractivity contribution is 7.09. The highest BCUT2D eigenvalue weighted by Crippen LogP contribution is 2.34. The Bertz CT molecular complexity index is 911. The number of esters is 1. The number of nitrogens with zero attached hydrogens (tertiary/aromatic N) is 1. The van der Waals surface area contributed by atoms with E-state index in [0.717, 1.165) is 22.7 Å². The lowest BCUT2D eigenvalue weighted by Gasteiger charge is -2.35. The van der Waals surface area contributed by atoms with E-state index >= 15 is 0 Å². The van der Waals surface area contributed by atoms with Crippen LogP contribution in [-0.4, -0.2) is 34.1 Å². The number of carbonyl (C=O) groups is 2. The summed E-state index contributed by atoms with van der Waals surface area (Å²) in [6.45, 7) is 13.5. The molecule has 5 unspecified atom stereocenters. The largest absolute Gasteiger partial charge is 0.457 e. The maximum Gasteiger partial charge on any atom is 0.309 e. The van der Waals surface area contributed by atoms with Crippen molar-refractivity contribution in [1.82, 2.24) is 4.98 Å². The average molecular weight is 474 g/mol.